The van der Waals surface area contributed by atoms with Crippen molar-refractivity contribution >= 4 is 17.2 Å². The third kappa shape index (κ3) is 4.15. The molecule has 128 valence electrons. The van der Waals surface area contributed by atoms with Gasteiger partial charge in [0.25, 0.3) is 5.91 Å². The number of carbonyl (C=O) groups is 1. The Morgan fingerprint density at radius 2 is 1.60 bits per heavy atom. The summed E-state index contributed by atoms with van der Waals surface area (Å²) in [6.45, 7) is 6.35. The molecule has 0 bridgehead atoms. The smallest absolute Gasteiger partial charge is 0.251 e. The number of rotatable bonds is 4. The third-order valence-electron chi connectivity index (χ3n) is 4.01. The van der Waals surface area contributed by atoms with Crippen LogP contribution in [0.2, 0.25) is 0 Å². The van der Waals surface area contributed by atoms with Crippen LogP contribution in [-0.2, 0) is 0 Å². The second-order valence-electron chi connectivity index (χ2n) is 7.07. The van der Waals surface area contributed by atoms with Crippen molar-refractivity contribution in [3.8, 4) is 10.4 Å². The number of amides is 1. The van der Waals surface area contributed by atoms with Crippen molar-refractivity contribution in [3.05, 3.63) is 77.4 Å². The SMILES string of the molecule is CC(C)(C)C(NC(=O)c1ccccc1)c1ncc(-c2ccccc2)s1. The molecule has 1 aromatic heterocycles. The van der Waals surface area contributed by atoms with Gasteiger partial charge in [0.2, 0.25) is 0 Å². The lowest BCUT2D eigenvalue weighted by atomic mass is 9.87. The molecule has 0 spiro atoms. The number of thiazole rings is 1. The predicted molar refractivity (Wildman–Crippen MR) is 104 cm³/mol. The highest BCUT2D eigenvalue weighted by Gasteiger charge is 2.30. The first-order valence-electron chi connectivity index (χ1n) is 8.32. The minimum absolute atomic E-state index is 0.0722. The Balaban J connectivity index is 1.87. The van der Waals surface area contributed by atoms with Crippen molar-refractivity contribution in [2.45, 2.75) is 26.8 Å². The molecule has 1 amide bonds. The lowest BCUT2D eigenvalue weighted by Gasteiger charge is -2.29. The fraction of sp³-hybridized carbons (Fsp3) is 0.238. The topological polar surface area (TPSA) is 42.0 Å². The number of carbonyl (C=O) groups excluding carboxylic acids is 1. The van der Waals surface area contributed by atoms with Gasteiger partial charge in [-0.1, -0.05) is 69.3 Å². The van der Waals surface area contributed by atoms with Crippen LogP contribution < -0.4 is 5.32 Å². The molecule has 2 aromatic carbocycles. The Bertz CT molecular complexity index is 835. The van der Waals surface area contributed by atoms with Gasteiger partial charge in [-0.25, -0.2) is 4.98 Å². The minimum Gasteiger partial charge on any atom is -0.342 e. The van der Waals surface area contributed by atoms with Gasteiger partial charge in [0.05, 0.1) is 10.9 Å². The Morgan fingerprint density at radius 3 is 2.20 bits per heavy atom. The average molecular weight is 350 g/mol. The quantitative estimate of drug-likeness (QED) is 0.691. The van der Waals surface area contributed by atoms with Gasteiger partial charge in [-0.2, -0.15) is 0 Å². The number of benzene rings is 2. The van der Waals surface area contributed by atoms with Gasteiger partial charge in [0.15, 0.2) is 0 Å². The highest BCUT2D eigenvalue weighted by atomic mass is 32.1. The first-order valence-corrected chi connectivity index (χ1v) is 9.14. The first-order chi connectivity index (χ1) is 11.9. The van der Waals surface area contributed by atoms with E-state index >= 15 is 0 Å². The van der Waals surface area contributed by atoms with Gasteiger partial charge in [-0.05, 0) is 23.1 Å². The van der Waals surface area contributed by atoms with Gasteiger partial charge < -0.3 is 5.32 Å². The van der Waals surface area contributed by atoms with Crippen LogP contribution in [0.1, 0.15) is 42.2 Å². The van der Waals surface area contributed by atoms with E-state index in [1.165, 1.54) is 0 Å². The normalized spacial score (nSPS) is 12.6. The van der Waals surface area contributed by atoms with E-state index in [-0.39, 0.29) is 17.4 Å². The molecule has 25 heavy (non-hydrogen) atoms. The highest BCUT2D eigenvalue weighted by molar-refractivity contribution is 7.15. The summed E-state index contributed by atoms with van der Waals surface area (Å²) in [5, 5.41) is 4.09. The number of hydrogen-bond acceptors (Lipinski definition) is 3. The maximum atomic E-state index is 12.6. The van der Waals surface area contributed by atoms with Crippen molar-refractivity contribution in [2.75, 3.05) is 0 Å². The summed E-state index contributed by atoms with van der Waals surface area (Å²) >= 11 is 1.63. The van der Waals surface area contributed by atoms with E-state index in [1.54, 1.807) is 11.3 Å². The number of nitrogens with one attached hydrogen (secondary N) is 1. The summed E-state index contributed by atoms with van der Waals surface area (Å²) in [7, 11) is 0. The summed E-state index contributed by atoms with van der Waals surface area (Å²) in [4.78, 5) is 18.3. The second kappa shape index (κ2) is 7.19. The number of nitrogens with zero attached hydrogens (tertiary/aromatic N) is 1. The summed E-state index contributed by atoms with van der Waals surface area (Å²) in [6.07, 6.45) is 1.89. The van der Waals surface area contributed by atoms with Crippen molar-refractivity contribution in [1.82, 2.24) is 10.3 Å². The summed E-state index contributed by atoms with van der Waals surface area (Å²) in [6, 6.07) is 19.4. The van der Waals surface area contributed by atoms with Crippen molar-refractivity contribution in [2.24, 2.45) is 5.41 Å². The Labute approximate surface area is 152 Å². The molecule has 1 N–H and O–H groups in total. The van der Waals surface area contributed by atoms with Gasteiger partial charge >= 0.3 is 0 Å². The molecule has 0 radical (unpaired) electrons. The predicted octanol–water partition coefficient (Wildman–Crippen LogP) is 5.33. The van der Waals surface area contributed by atoms with E-state index in [1.807, 2.05) is 54.7 Å². The molecular formula is C21H22N2OS. The van der Waals surface area contributed by atoms with Gasteiger partial charge in [-0.15, -0.1) is 11.3 Å². The van der Waals surface area contributed by atoms with E-state index in [4.69, 9.17) is 0 Å². The molecule has 0 aliphatic carbocycles. The maximum absolute atomic E-state index is 12.6. The van der Waals surface area contributed by atoms with Crippen LogP contribution in [0, 0.1) is 5.41 Å². The van der Waals surface area contributed by atoms with Gasteiger partial charge in [0.1, 0.15) is 5.01 Å². The van der Waals surface area contributed by atoms with Gasteiger partial charge in [-0.3, -0.25) is 4.79 Å². The van der Waals surface area contributed by atoms with Crippen molar-refractivity contribution in [1.29, 1.82) is 0 Å². The standard InChI is InChI=1S/C21H22N2OS/c1-21(2,3)18(23-19(24)16-12-8-5-9-13-16)20-22-14-17(25-20)15-10-6-4-7-11-15/h4-14,18H,1-3H3,(H,23,24). The summed E-state index contributed by atoms with van der Waals surface area (Å²) in [5.74, 6) is -0.0722. The van der Waals surface area contributed by atoms with Crippen LogP contribution in [0.3, 0.4) is 0 Å². The lowest BCUT2D eigenvalue weighted by molar-refractivity contribution is 0.0901. The van der Waals surface area contributed by atoms with Crippen LogP contribution in [0.4, 0.5) is 0 Å². The fourth-order valence-corrected chi connectivity index (χ4v) is 3.83. The molecule has 0 saturated heterocycles. The Morgan fingerprint density at radius 1 is 1.00 bits per heavy atom. The third-order valence-corrected chi connectivity index (χ3v) is 5.12. The molecule has 1 heterocycles. The molecule has 1 unspecified atom stereocenters. The molecule has 0 aliphatic heterocycles. The van der Waals surface area contributed by atoms with Crippen LogP contribution in [0.25, 0.3) is 10.4 Å². The fourth-order valence-electron chi connectivity index (χ4n) is 2.61. The van der Waals surface area contributed by atoms with E-state index < -0.39 is 0 Å². The number of hydrogen-bond donors (Lipinski definition) is 1. The molecule has 3 rings (SSSR count). The minimum atomic E-state index is -0.150. The zero-order valence-corrected chi connectivity index (χ0v) is 15.5. The summed E-state index contributed by atoms with van der Waals surface area (Å²) < 4.78 is 0. The Kier molecular flexibility index (Phi) is 5.00. The van der Waals surface area contributed by atoms with E-state index in [2.05, 4.69) is 43.2 Å². The lowest BCUT2D eigenvalue weighted by Crippen LogP contribution is -2.36. The molecule has 0 aliphatic rings. The zero-order valence-electron chi connectivity index (χ0n) is 14.7. The molecule has 0 saturated carbocycles. The molecule has 4 heteroatoms. The largest absolute Gasteiger partial charge is 0.342 e. The second-order valence-corrected chi connectivity index (χ2v) is 8.13. The Hall–Kier alpha value is -2.46. The van der Waals surface area contributed by atoms with E-state index in [0.717, 1.165) is 15.4 Å². The first kappa shape index (κ1) is 17.4. The number of aromatic nitrogens is 1. The van der Waals surface area contributed by atoms with Crippen molar-refractivity contribution < 1.29 is 4.79 Å². The van der Waals surface area contributed by atoms with Gasteiger partial charge in [0, 0.05) is 11.8 Å². The monoisotopic (exact) mass is 350 g/mol. The summed E-state index contributed by atoms with van der Waals surface area (Å²) in [5.41, 5.74) is 1.67. The van der Waals surface area contributed by atoms with E-state index in [0.29, 0.717) is 5.56 Å². The highest BCUT2D eigenvalue weighted by Crippen LogP contribution is 2.37. The average Bonchev–Trinajstić information content (AvgIpc) is 3.09. The molecule has 3 aromatic rings. The molecule has 1 atom stereocenters. The molecular weight excluding hydrogens is 328 g/mol. The zero-order chi connectivity index (χ0) is 17.9. The maximum Gasteiger partial charge on any atom is 0.251 e. The van der Waals surface area contributed by atoms with E-state index in [9.17, 15) is 4.79 Å². The van der Waals surface area contributed by atoms with Crippen LogP contribution >= 0.6 is 11.3 Å². The van der Waals surface area contributed by atoms with Crippen LogP contribution in [-0.4, -0.2) is 10.9 Å². The van der Waals surface area contributed by atoms with Crippen LogP contribution in [0.5, 0.6) is 0 Å². The molecule has 3 nitrogen and oxygen atoms in total. The molecule has 0 fully saturated rings. The van der Waals surface area contributed by atoms with Crippen LogP contribution in [0.15, 0.2) is 66.9 Å². The van der Waals surface area contributed by atoms with Crippen molar-refractivity contribution in [3.63, 3.8) is 0 Å².